The number of nitrogens with one attached hydrogen (secondary N) is 2. The minimum atomic E-state index is 0.371. The van der Waals surface area contributed by atoms with Gasteiger partial charge in [-0.25, -0.2) is 4.98 Å². The fraction of sp³-hybridized carbons (Fsp3) is 0.692. The number of rotatable bonds is 6. The van der Waals surface area contributed by atoms with Crippen LogP contribution in [0, 0.1) is 0 Å². The van der Waals surface area contributed by atoms with Crippen LogP contribution in [0.3, 0.4) is 0 Å². The van der Waals surface area contributed by atoms with Crippen molar-refractivity contribution in [3.8, 4) is 0 Å². The number of hydrogen-bond acceptors (Lipinski definition) is 6. The maximum absolute atomic E-state index is 5.32. The topological polar surface area (TPSA) is 62.3 Å². The Balaban J connectivity index is 1.75. The van der Waals surface area contributed by atoms with Crippen LogP contribution in [0.5, 0.6) is 0 Å². The maximum Gasteiger partial charge on any atom is 0.224 e. The molecule has 1 saturated heterocycles. The Morgan fingerprint density at radius 1 is 1.37 bits per heavy atom. The number of anilines is 2. The zero-order valence-corrected chi connectivity index (χ0v) is 11.7. The fourth-order valence-electron chi connectivity index (χ4n) is 1.97. The van der Waals surface area contributed by atoms with Crippen molar-refractivity contribution in [3.63, 3.8) is 0 Å². The molecule has 2 heterocycles. The number of nitrogens with zero attached hydrogens (tertiary/aromatic N) is 3. The number of aromatic nitrogens is 2. The van der Waals surface area contributed by atoms with Gasteiger partial charge in [0.25, 0.3) is 0 Å². The highest BCUT2D eigenvalue weighted by molar-refractivity contribution is 5.39. The van der Waals surface area contributed by atoms with Crippen molar-refractivity contribution in [2.75, 3.05) is 50.0 Å². The second-order valence-corrected chi connectivity index (χ2v) is 4.95. The Labute approximate surface area is 114 Å². The molecule has 0 amide bonds. The predicted octanol–water partition coefficient (Wildman–Crippen LogP) is 1.04. The van der Waals surface area contributed by atoms with E-state index in [4.69, 9.17) is 4.74 Å². The summed E-state index contributed by atoms with van der Waals surface area (Å²) in [6.07, 6.45) is 1.77. The van der Waals surface area contributed by atoms with E-state index < -0.39 is 0 Å². The van der Waals surface area contributed by atoms with Crippen molar-refractivity contribution in [1.29, 1.82) is 0 Å². The third-order valence-electron chi connectivity index (χ3n) is 2.91. The van der Waals surface area contributed by atoms with Gasteiger partial charge in [-0.3, -0.25) is 4.90 Å². The van der Waals surface area contributed by atoms with E-state index >= 15 is 0 Å². The number of morpholine rings is 1. The van der Waals surface area contributed by atoms with E-state index in [1.165, 1.54) is 0 Å². The first-order valence-electron chi connectivity index (χ1n) is 6.87. The maximum atomic E-state index is 5.32. The summed E-state index contributed by atoms with van der Waals surface area (Å²) >= 11 is 0. The molecule has 1 aromatic heterocycles. The van der Waals surface area contributed by atoms with Gasteiger partial charge in [0.15, 0.2) is 0 Å². The molecule has 6 nitrogen and oxygen atoms in total. The van der Waals surface area contributed by atoms with Crippen LogP contribution in [0.25, 0.3) is 0 Å². The molecule has 0 aliphatic carbocycles. The van der Waals surface area contributed by atoms with E-state index in [0.29, 0.717) is 12.0 Å². The molecule has 1 fully saturated rings. The van der Waals surface area contributed by atoms with Gasteiger partial charge in [0.05, 0.1) is 13.2 Å². The van der Waals surface area contributed by atoms with Crippen molar-refractivity contribution >= 4 is 11.8 Å². The lowest BCUT2D eigenvalue weighted by Gasteiger charge is -2.26. The molecule has 0 unspecified atom stereocenters. The first-order chi connectivity index (χ1) is 9.24. The Morgan fingerprint density at radius 2 is 2.16 bits per heavy atom. The Kier molecular flexibility index (Phi) is 5.35. The van der Waals surface area contributed by atoms with Gasteiger partial charge in [0, 0.05) is 38.4 Å². The molecule has 0 saturated carbocycles. The number of hydrogen-bond donors (Lipinski definition) is 2. The molecule has 106 valence electrons. The quantitative estimate of drug-likeness (QED) is 0.801. The third kappa shape index (κ3) is 5.00. The second kappa shape index (κ2) is 7.25. The summed E-state index contributed by atoms with van der Waals surface area (Å²) in [4.78, 5) is 11.0. The fourth-order valence-corrected chi connectivity index (χ4v) is 1.97. The lowest BCUT2D eigenvalue weighted by atomic mass is 10.4. The Hall–Kier alpha value is -1.40. The summed E-state index contributed by atoms with van der Waals surface area (Å²) in [6.45, 7) is 9.73. The van der Waals surface area contributed by atoms with Crippen LogP contribution >= 0.6 is 0 Å². The highest BCUT2D eigenvalue weighted by Gasteiger charge is 2.09. The van der Waals surface area contributed by atoms with Gasteiger partial charge in [0.1, 0.15) is 5.82 Å². The van der Waals surface area contributed by atoms with E-state index in [2.05, 4.69) is 39.3 Å². The van der Waals surface area contributed by atoms with Crippen molar-refractivity contribution in [2.45, 2.75) is 19.9 Å². The molecule has 0 radical (unpaired) electrons. The summed E-state index contributed by atoms with van der Waals surface area (Å²) in [5.41, 5.74) is 0. The average Bonchev–Trinajstić information content (AvgIpc) is 2.40. The smallest absolute Gasteiger partial charge is 0.224 e. The zero-order valence-electron chi connectivity index (χ0n) is 11.7. The van der Waals surface area contributed by atoms with E-state index in [1.807, 2.05) is 6.07 Å². The minimum absolute atomic E-state index is 0.371. The second-order valence-electron chi connectivity index (χ2n) is 4.95. The molecular weight excluding hydrogens is 242 g/mol. The van der Waals surface area contributed by atoms with Gasteiger partial charge >= 0.3 is 0 Å². The van der Waals surface area contributed by atoms with Gasteiger partial charge < -0.3 is 15.4 Å². The first-order valence-corrected chi connectivity index (χ1v) is 6.87. The molecule has 1 aliphatic heterocycles. The van der Waals surface area contributed by atoms with Gasteiger partial charge in [0.2, 0.25) is 5.95 Å². The minimum Gasteiger partial charge on any atom is -0.379 e. The molecular formula is C13H23N5O. The molecule has 1 aromatic rings. The molecule has 0 spiro atoms. The number of ether oxygens (including phenoxy) is 1. The lowest BCUT2D eigenvalue weighted by Crippen LogP contribution is -2.39. The van der Waals surface area contributed by atoms with E-state index in [0.717, 1.165) is 45.2 Å². The highest BCUT2D eigenvalue weighted by atomic mass is 16.5. The van der Waals surface area contributed by atoms with E-state index in [9.17, 15) is 0 Å². The highest BCUT2D eigenvalue weighted by Crippen LogP contribution is 2.06. The summed E-state index contributed by atoms with van der Waals surface area (Å²) in [7, 11) is 0. The van der Waals surface area contributed by atoms with Crippen LogP contribution < -0.4 is 10.6 Å². The Morgan fingerprint density at radius 3 is 2.89 bits per heavy atom. The van der Waals surface area contributed by atoms with Crippen molar-refractivity contribution in [3.05, 3.63) is 12.3 Å². The van der Waals surface area contributed by atoms with Gasteiger partial charge in [-0.05, 0) is 19.9 Å². The molecule has 1 aliphatic rings. The lowest BCUT2D eigenvalue weighted by molar-refractivity contribution is 0.0398. The molecule has 0 atom stereocenters. The van der Waals surface area contributed by atoms with Crippen LogP contribution in [-0.2, 0) is 4.74 Å². The van der Waals surface area contributed by atoms with Crippen molar-refractivity contribution in [1.82, 2.24) is 14.9 Å². The van der Waals surface area contributed by atoms with Crippen LogP contribution in [0.1, 0.15) is 13.8 Å². The summed E-state index contributed by atoms with van der Waals surface area (Å²) in [6, 6.07) is 2.25. The summed E-state index contributed by atoms with van der Waals surface area (Å²) < 4.78 is 5.32. The molecule has 2 N–H and O–H groups in total. The largest absolute Gasteiger partial charge is 0.379 e. The molecule has 6 heteroatoms. The van der Waals surface area contributed by atoms with Gasteiger partial charge in [-0.2, -0.15) is 4.98 Å². The molecule has 19 heavy (non-hydrogen) atoms. The molecule has 2 rings (SSSR count). The van der Waals surface area contributed by atoms with Gasteiger partial charge in [-0.15, -0.1) is 0 Å². The van der Waals surface area contributed by atoms with E-state index in [1.54, 1.807) is 6.20 Å². The van der Waals surface area contributed by atoms with Crippen LogP contribution in [0.4, 0.5) is 11.8 Å². The predicted molar refractivity (Wildman–Crippen MR) is 76.5 cm³/mol. The van der Waals surface area contributed by atoms with Crippen LogP contribution in [-0.4, -0.2) is 60.3 Å². The standard InChI is InChI=1S/C13H23N5O/c1-11(2)16-12-3-4-14-13(17-12)15-5-6-18-7-9-19-10-8-18/h3-4,11H,5-10H2,1-2H3,(H2,14,15,16,17). The van der Waals surface area contributed by atoms with Gasteiger partial charge in [-0.1, -0.05) is 0 Å². The Bertz CT molecular complexity index is 379. The van der Waals surface area contributed by atoms with E-state index in [-0.39, 0.29) is 0 Å². The molecule has 0 bridgehead atoms. The normalized spacial score (nSPS) is 16.6. The summed E-state index contributed by atoms with van der Waals surface area (Å²) in [5, 5.41) is 6.53. The van der Waals surface area contributed by atoms with Crippen molar-refractivity contribution < 1.29 is 4.74 Å². The molecule has 0 aromatic carbocycles. The van der Waals surface area contributed by atoms with Crippen LogP contribution in [0.15, 0.2) is 12.3 Å². The average molecular weight is 265 g/mol. The monoisotopic (exact) mass is 265 g/mol. The van der Waals surface area contributed by atoms with Crippen LogP contribution in [0.2, 0.25) is 0 Å². The zero-order chi connectivity index (χ0) is 13.5. The first kappa shape index (κ1) is 14.0. The third-order valence-corrected chi connectivity index (χ3v) is 2.91. The van der Waals surface area contributed by atoms with Crippen molar-refractivity contribution in [2.24, 2.45) is 0 Å². The SMILES string of the molecule is CC(C)Nc1ccnc(NCCN2CCOCC2)n1. The summed E-state index contributed by atoms with van der Waals surface area (Å²) in [5.74, 6) is 1.54.